The van der Waals surface area contributed by atoms with Gasteiger partial charge in [-0.3, -0.25) is 33.0 Å². The molecule has 1 aliphatic heterocycles. The van der Waals surface area contributed by atoms with E-state index in [1.165, 1.54) is 11.9 Å². The number of urea groups is 1. The molecule has 2 aromatic heterocycles. The maximum atomic E-state index is 10.7. The first-order valence-corrected chi connectivity index (χ1v) is 11.8. The number of aromatic nitrogens is 2. The summed E-state index contributed by atoms with van der Waals surface area (Å²) in [5.74, 6) is -0.137. The van der Waals surface area contributed by atoms with E-state index in [1.807, 2.05) is 36.4 Å². The molecule has 2 aromatic rings. The molecule has 0 aromatic carbocycles. The average Bonchev–Trinajstić information content (AvgIpc) is 3.06. The van der Waals surface area contributed by atoms with E-state index in [9.17, 15) is 9.59 Å². The molecule has 0 spiro atoms. The van der Waals surface area contributed by atoms with Crippen molar-refractivity contribution in [2.45, 2.75) is 0 Å². The second kappa shape index (κ2) is 37.5. The number of hydrogen-bond donors (Lipinski definition) is 3. The third-order valence-electron chi connectivity index (χ3n) is 4.20. The van der Waals surface area contributed by atoms with E-state index < -0.39 is 10.4 Å². The second-order valence-electron chi connectivity index (χ2n) is 6.94. The standard InChI is InChI=1S/C10H8N2.C6H15NO3.C5H8N2O2.BH4.Cu.Na.H2O4S.5H2O/c1-3-7-11-9(5-1)10-6-2-4-8-12-10;8-4-1-7(2-5-9)3-6-10;1-6-3-4(8)7(2)5(6)9;;;;1-5(2,3)4;;;;;/h1-8H;8-10H,1-6H2;3H2,1-2H3;1H4;;;(H2,1,2,3,4);5*1H2/q;;;-1;+2;+1;;;;;;/p-2. The van der Waals surface area contributed by atoms with Gasteiger partial charge in [-0.15, -0.1) is 0 Å². The van der Waals surface area contributed by atoms with Gasteiger partial charge in [0.25, 0.3) is 0 Å². The first kappa shape index (κ1) is 65.1. The molecule has 1 radical (unpaired) electrons. The minimum atomic E-state index is -5.17. The number of imide groups is 1. The number of aliphatic hydroxyl groups excluding tert-OH is 3. The molecule has 3 amide bonds. The van der Waals surface area contributed by atoms with Gasteiger partial charge < -0.3 is 56.7 Å². The van der Waals surface area contributed by atoms with E-state index in [0.717, 1.165) is 16.3 Å². The van der Waals surface area contributed by atoms with Gasteiger partial charge in [-0.25, -0.2) is 4.79 Å². The van der Waals surface area contributed by atoms with Crippen molar-refractivity contribution in [3.63, 3.8) is 0 Å². The second-order valence-corrected chi connectivity index (χ2v) is 7.76. The van der Waals surface area contributed by atoms with Crippen molar-refractivity contribution >= 4 is 30.8 Å². The molecule has 23 heteroatoms. The van der Waals surface area contributed by atoms with Gasteiger partial charge in [-0.05, 0) is 24.3 Å². The van der Waals surface area contributed by atoms with E-state index in [0.29, 0.717) is 19.6 Å². The Kier molecular flexibility index (Phi) is 55.5. The number of amides is 3. The summed E-state index contributed by atoms with van der Waals surface area (Å²) < 4.78 is 34.1. The smallest absolute Gasteiger partial charge is 0.759 e. The van der Waals surface area contributed by atoms with Crippen molar-refractivity contribution in [2.24, 2.45) is 0 Å². The third kappa shape index (κ3) is 33.2. The monoisotopic (exact) mass is 720 g/mol. The fourth-order valence-electron chi connectivity index (χ4n) is 2.53. The molecule has 1 aliphatic rings. The van der Waals surface area contributed by atoms with Crippen LogP contribution in [0.1, 0.15) is 0 Å². The SMILES string of the molecule is CN1CC(=O)N(C)C1=O.O.O.O.O.O.O=S(=O)([O-])[O-].OCCN(CCO)CCO.[BH4-].[Cu+2].[Na+].c1ccc(-c2ccccn2)nc1. The Balaban J connectivity index is -0.0000000515. The summed E-state index contributed by atoms with van der Waals surface area (Å²) in [6, 6.07) is 11.4. The molecular weight excluding hydrogens is 676 g/mol. The molecule has 0 unspecified atom stereocenters. The number of aliphatic hydroxyl groups is 3. The van der Waals surface area contributed by atoms with Crippen LogP contribution in [0.5, 0.6) is 0 Å². The molecule has 19 nitrogen and oxygen atoms in total. The van der Waals surface area contributed by atoms with E-state index >= 15 is 0 Å². The average molecular weight is 721 g/mol. The Morgan fingerprint density at radius 1 is 0.795 bits per heavy atom. The van der Waals surface area contributed by atoms with Crippen LogP contribution in [-0.4, -0.2) is 165 Å². The van der Waals surface area contributed by atoms with Crippen molar-refractivity contribution in [3.8, 4) is 11.4 Å². The van der Waals surface area contributed by atoms with Crippen molar-refractivity contribution in [3.05, 3.63) is 48.8 Å². The number of pyridine rings is 2. The fourth-order valence-corrected chi connectivity index (χ4v) is 2.53. The van der Waals surface area contributed by atoms with Crippen LogP contribution in [0.4, 0.5) is 4.79 Å². The minimum Gasteiger partial charge on any atom is -0.759 e. The normalized spacial score (nSPS) is 10.5. The number of likely N-dealkylation sites (N-methyl/N-ethyl adjacent to an activating group) is 2. The Morgan fingerprint density at radius 3 is 1.27 bits per heavy atom. The zero-order valence-electron chi connectivity index (χ0n) is 23.8. The topological polar surface area (TPSA) is 368 Å². The Bertz CT molecular complexity index is 951. The predicted octanol–water partition coefficient (Wildman–Crippen LogP) is -9.99. The summed E-state index contributed by atoms with van der Waals surface area (Å²) in [6.07, 6.45) is 3.54. The van der Waals surface area contributed by atoms with Crippen LogP contribution in [-0.2, 0) is 32.3 Å². The van der Waals surface area contributed by atoms with Crippen LogP contribution in [0.15, 0.2) is 48.8 Å². The Morgan fingerprint density at radius 2 is 1.11 bits per heavy atom. The van der Waals surface area contributed by atoms with Crippen molar-refractivity contribution < 1.29 is 116 Å². The first-order chi connectivity index (χ1) is 16.9. The summed E-state index contributed by atoms with van der Waals surface area (Å²) in [4.78, 5) is 34.1. The maximum absolute atomic E-state index is 10.7. The van der Waals surface area contributed by atoms with Gasteiger partial charge in [0.15, 0.2) is 0 Å². The van der Waals surface area contributed by atoms with Crippen LogP contribution in [0, 0.1) is 0 Å². The van der Waals surface area contributed by atoms with Crippen LogP contribution in [0.25, 0.3) is 11.4 Å². The first-order valence-electron chi connectivity index (χ1n) is 10.5. The van der Waals surface area contributed by atoms with Gasteiger partial charge in [0.05, 0.1) is 31.2 Å². The molecular formula is C21H45BCuN5NaO14S. The number of carbonyl (C=O) groups is 2. The number of rotatable bonds is 7. The van der Waals surface area contributed by atoms with Gasteiger partial charge in [0.1, 0.15) is 6.54 Å². The fraction of sp³-hybridized carbons (Fsp3) is 0.429. The Labute approximate surface area is 290 Å². The molecule has 3 heterocycles. The summed E-state index contributed by atoms with van der Waals surface area (Å²) in [6.45, 7) is 1.97. The summed E-state index contributed by atoms with van der Waals surface area (Å²) in [5.41, 5.74) is 1.83. The van der Waals surface area contributed by atoms with Crippen molar-refractivity contribution in [2.75, 3.05) is 60.1 Å². The van der Waals surface area contributed by atoms with E-state index in [2.05, 4.69) is 9.97 Å². The van der Waals surface area contributed by atoms with Crippen LogP contribution < -0.4 is 29.6 Å². The van der Waals surface area contributed by atoms with Gasteiger partial charge in [0.2, 0.25) is 5.91 Å². The summed E-state index contributed by atoms with van der Waals surface area (Å²) >= 11 is 0. The largest absolute Gasteiger partial charge is 2.00 e. The van der Waals surface area contributed by atoms with E-state index in [-0.39, 0.29) is 121 Å². The van der Waals surface area contributed by atoms with Crippen LogP contribution in [0.2, 0.25) is 0 Å². The van der Waals surface area contributed by atoms with Crippen LogP contribution >= 0.6 is 0 Å². The zero-order chi connectivity index (χ0) is 27.6. The number of nitrogens with zero attached hydrogens (tertiary/aromatic N) is 5. The predicted molar refractivity (Wildman–Crippen MR) is 156 cm³/mol. The number of hydrogen-bond acceptors (Lipinski definition) is 12. The number of carbonyl (C=O) groups excluding carboxylic acids is 2. The van der Waals surface area contributed by atoms with Gasteiger partial charge in [0, 0.05) is 56.5 Å². The molecule has 0 bridgehead atoms. The van der Waals surface area contributed by atoms with Crippen LogP contribution in [0.3, 0.4) is 0 Å². The molecule has 1 fully saturated rings. The molecule has 0 aliphatic carbocycles. The van der Waals surface area contributed by atoms with Crippen molar-refractivity contribution in [1.82, 2.24) is 24.7 Å². The molecule has 0 atom stereocenters. The summed E-state index contributed by atoms with van der Waals surface area (Å²) in [5, 5.41) is 25.5. The Hall–Kier alpha value is -1.67. The quantitative estimate of drug-likeness (QED) is 0.104. The molecule has 259 valence electrons. The zero-order valence-corrected chi connectivity index (χ0v) is 27.6. The maximum Gasteiger partial charge on any atom is 2.00 e. The van der Waals surface area contributed by atoms with E-state index in [1.54, 1.807) is 24.3 Å². The minimum absolute atomic E-state index is 0. The molecule has 44 heavy (non-hydrogen) atoms. The van der Waals surface area contributed by atoms with Gasteiger partial charge in [-0.2, -0.15) is 0 Å². The van der Waals surface area contributed by atoms with Gasteiger partial charge in [-0.1, -0.05) is 20.5 Å². The molecule has 13 N–H and O–H groups in total. The summed E-state index contributed by atoms with van der Waals surface area (Å²) in [7, 11) is -2.09. The molecule has 1 saturated heterocycles. The van der Waals surface area contributed by atoms with Crippen molar-refractivity contribution in [1.29, 1.82) is 0 Å². The van der Waals surface area contributed by atoms with E-state index in [4.69, 9.17) is 32.8 Å². The van der Waals surface area contributed by atoms with Gasteiger partial charge >= 0.3 is 52.7 Å². The third-order valence-corrected chi connectivity index (χ3v) is 4.20. The molecule has 3 rings (SSSR count). The molecule has 0 saturated carbocycles.